The lowest BCUT2D eigenvalue weighted by atomic mass is 9.89. The van der Waals surface area contributed by atoms with Crippen LogP contribution in [0.25, 0.3) is 65.9 Å². The summed E-state index contributed by atoms with van der Waals surface area (Å²) in [5.41, 5.74) is 24.7. The second kappa shape index (κ2) is 14.5. The minimum Gasteiger partial charge on any atom is -0.319 e. The number of hydrogen-bond donors (Lipinski definition) is 0. The Hall–Kier alpha value is -6.40. The predicted molar refractivity (Wildman–Crippen MR) is 248 cm³/mol. The highest BCUT2D eigenvalue weighted by molar-refractivity contribution is 6.03. The van der Waals surface area contributed by atoms with Crippen molar-refractivity contribution in [3.63, 3.8) is 0 Å². The lowest BCUT2D eigenvalue weighted by molar-refractivity contribution is 0.842. The first-order valence-electron chi connectivity index (χ1n) is 20.7. The molecular weight excluding hydrogens is 721 g/mol. The van der Waals surface area contributed by atoms with Gasteiger partial charge in [-0.25, -0.2) is 9.97 Å². The van der Waals surface area contributed by atoms with Gasteiger partial charge in [0, 0.05) is 33.9 Å². The molecule has 294 valence electrons. The molecule has 3 heterocycles. The molecule has 0 atom stereocenters. The average Bonchev–Trinajstić information content (AvgIpc) is 3.80. The lowest BCUT2D eigenvalue weighted by Gasteiger charge is -2.20. The van der Waals surface area contributed by atoms with Crippen LogP contribution < -0.4 is 0 Å². The van der Waals surface area contributed by atoms with Gasteiger partial charge in [-0.1, -0.05) is 42.5 Å². The topological polar surface area (TPSA) is 61.4 Å². The number of fused-ring (bicyclic) bond motifs is 6. The molecule has 59 heavy (non-hydrogen) atoms. The van der Waals surface area contributed by atoms with E-state index in [0.29, 0.717) is 13.1 Å². The number of hydrogen-bond acceptors (Lipinski definition) is 4. The summed E-state index contributed by atoms with van der Waals surface area (Å²) < 4.78 is 4.77. The molecule has 4 bridgehead atoms. The third-order valence-corrected chi connectivity index (χ3v) is 13.8. The van der Waals surface area contributed by atoms with Crippen LogP contribution in [-0.4, -0.2) is 29.1 Å². The van der Waals surface area contributed by atoms with E-state index in [4.69, 9.17) is 19.9 Å². The summed E-state index contributed by atoms with van der Waals surface area (Å²) in [4.78, 5) is 21.6. The molecule has 6 heteroatoms. The van der Waals surface area contributed by atoms with Gasteiger partial charge in [0.2, 0.25) is 0 Å². The van der Waals surface area contributed by atoms with Gasteiger partial charge in [0.25, 0.3) is 0 Å². The summed E-state index contributed by atoms with van der Waals surface area (Å²) >= 11 is 0. The minimum atomic E-state index is 0.685. The summed E-state index contributed by atoms with van der Waals surface area (Å²) in [7, 11) is 0. The zero-order chi connectivity index (χ0) is 41.4. The van der Waals surface area contributed by atoms with Crippen molar-refractivity contribution in [1.29, 1.82) is 0 Å². The van der Waals surface area contributed by atoms with Crippen LogP contribution in [0, 0.1) is 76.2 Å². The van der Waals surface area contributed by atoms with E-state index in [9.17, 15) is 0 Å². The molecule has 0 radical (unpaired) electrons. The first-order valence-corrected chi connectivity index (χ1v) is 20.7. The van der Waals surface area contributed by atoms with Gasteiger partial charge in [-0.2, -0.15) is 0 Å². The molecule has 0 unspecified atom stereocenters. The average molecular weight is 773 g/mol. The van der Waals surface area contributed by atoms with E-state index in [-0.39, 0.29) is 0 Å². The third kappa shape index (κ3) is 6.16. The Morgan fingerprint density at radius 2 is 0.831 bits per heavy atom. The molecule has 9 rings (SSSR count). The first-order chi connectivity index (χ1) is 28.3. The Morgan fingerprint density at radius 3 is 1.32 bits per heavy atom. The Bertz CT molecular complexity index is 3280. The van der Waals surface area contributed by atoms with Crippen molar-refractivity contribution < 1.29 is 0 Å². The van der Waals surface area contributed by atoms with Crippen molar-refractivity contribution in [1.82, 2.24) is 29.1 Å². The Morgan fingerprint density at radius 1 is 0.407 bits per heavy atom. The summed E-state index contributed by atoms with van der Waals surface area (Å²) in [6.45, 7) is 26.0. The monoisotopic (exact) mass is 772 g/mol. The van der Waals surface area contributed by atoms with Crippen molar-refractivity contribution in [2.24, 2.45) is 0 Å². The first kappa shape index (κ1) is 38.1. The number of aromatic nitrogens is 6. The number of nitrogens with zero attached hydrogens (tertiary/aromatic N) is 6. The van der Waals surface area contributed by atoms with E-state index in [0.717, 1.165) is 71.5 Å². The van der Waals surface area contributed by atoms with Crippen molar-refractivity contribution in [2.45, 2.75) is 89.3 Å². The maximum absolute atomic E-state index is 5.50. The zero-order valence-electron chi connectivity index (χ0n) is 36.3. The number of aryl methyl sites for hydroxylation is 1. The van der Waals surface area contributed by atoms with Crippen molar-refractivity contribution >= 4 is 65.9 Å². The Kier molecular flexibility index (Phi) is 9.34. The Balaban J connectivity index is 1.43. The van der Waals surface area contributed by atoms with Crippen LogP contribution in [0.15, 0.2) is 91.3 Å². The molecule has 6 nitrogen and oxygen atoms in total. The maximum atomic E-state index is 5.50. The molecule has 0 aliphatic heterocycles. The molecule has 0 N–H and O–H groups in total. The quantitative estimate of drug-likeness (QED) is 0.179. The van der Waals surface area contributed by atoms with Crippen LogP contribution in [0.4, 0.5) is 0 Å². The summed E-state index contributed by atoms with van der Waals surface area (Å²) in [5.74, 6) is 0. The molecule has 0 aliphatic rings. The van der Waals surface area contributed by atoms with Gasteiger partial charge in [-0.3, -0.25) is 9.97 Å². The normalized spacial score (nSPS) is 11.8. The van der Waals surface area contributed by atoms with Gasteiger partial charge in [-0.05, 0) is 185 Å². The number of imidazole rings is 2. The molecule has 3 aromatic heterocycles. The largest absolute Gasteiger partial charge is 0.319 e. The molecule has 6 aromatic carbocycles. The van der Waals surface area contributed by atoms with Crippen LogP contribution in [0.3, 0.4) is 0 Å². The molecule has 0 fully saturated rings. The fraction of sp³-hybridized carbons (Fsp3) is 0.245. The molecule has 0 aliphatic carbocycles. The third-order valence-electron chi connectivity index (χ3n) is 13.8. The fourth-order valence-corrected chi connectivity index (χ4v) is 9.21. The molecule has 0 amide bonds. The maximum Gasteiger partial charge on any atom is 0.143 e. The second-order valence-corrected chi connectivity index (χ2v) is 16.7. The standard InChI is InChI=1S/C53H52N6/c1-29-22-23-43-47(24-29)55-26-41-17-15-20-48-51(41)56-52(58(48)27-44-36(8)32(4)30(2)33(5)37(44)9)42-18-12-13-19-46(42)54-25-40-16-14-21-49-50(40)57-53(43)59(49)28-45-38(10)34(6)31(3)35(7)39(45)11/h12-26H,27-28H2,1-11H3. The highest BCUT2D eigenvalue weighted by atomic mass is 15.1. The fourth-order valence-electron chi connectivity index (χ4n) is 9.21. The van der Waals surface area contributed by atoms with E-state index < -0.39 is 0 Å². The minimum absolute atomic E-state index is 0.685. The summed E-state index contributed by atoms with van der Waals surface area (Å²) in [5, 5.41) is 3.87. The number of rotatable bonds is 4. The smallest absolute Gasteiger partial charge is 0.143 e. The molecule has 9 aromatic rings. The van der Waals surface area contributed by atoms with Crippen molar-refractivity contribution in [2.75, 3.05) is 0 Å². The van der Waals surface area contributed by atoms with Gasteiger partial charge in [0.15, 0.2) is 0 Å². The SMILES string of the molecule is Cc1ccc2c(c1)ncc1cccc3c1nc(c1ccccc1ncc1cccc4c1nc2n4Cc1c(C)c(C)c(C)c(C)c1C)n3Cc1c(C)c(C)c(C)c(C)c1C. The van der Waals surface area contributed by atoms with E-state index in [2.05, 4.69) is 164 Å². The number of para-hydroxylation sites is 3. The van der Waals surface area contributed by atoms with Gasteiger partial charge in [0.05, 0.1) is 46.2 Å². The van der Waals surface area contributed by atoms with E-state index in [1.54, 1.807) is 0 Å². The highest BCUT2D eigenvalue weighted by Crippen LogP contribution is 2.33. The summed E-state index contributed by atoms with van der Waals surface area (Å²) in [6, 6.07) is 27.8. The van der Waals surface area contributed by atoms with Crippen LogP contribution in [0.1, 0.15) is 72.3 Å². The van der Waals surface area contributed by atoms with Gasteiger partial charge in [-0.15, -0.1) is 0 Å². The number of benzene rings is 6. The van der Waals surface area contributed by atoms with Crippen LogP contribution in [0.5, 0.6) is 0 Å². The van der Waals surface area contributed by atoms with Crippen LogP contribution in [-0.2, 0) is 13.1 Å². The van der Waals surface area contributed by atoms with E-state index >= 15 is 0 Å². The summed E-state index contributed by atoms with van der Waals surface area (Å²) in [6.07, 6.45) is 3.98. The van der Waals surface area contributed by atoms with E-state index in [1.165, 1.54) is 66.8 Å². The molecule has 0 saturated carbocycles. The van der Waals surface area contributed by atoms with Crippen molar-refractivity contribution in [3.05, 3.63) is 164 Å². The molecular formula is C53H52N6. The van der Waals surface area contributed by atoms with Crippen molar-refractivity contribution in [3.8, 4) is 0 Å². The van der Waals surface area contributed by atoms with Gasteiger partial charge < -0.3 is 9.13 Å². The Labute approximate surface area is 346 Å². The second-order valence-electron chi connectivity index (χ2n) is 16.7. The highest BCUT2D eigenvalue weighted by Gasteiger charge is 2.19. The van der Waals surface area contributed by atoms with E-state index in [1.807, 2.05) is 12.4 Å². The van der Waals surface area contributed by atoms with Gasteiger partial charge in [0.1, 0.15) is 11.3 Å². The van der Waals surface area contributed by atoms with Crippen LogP contribution >= 0.6 is 0 Å². The predicted octanol–water partition coefficient (Wildman–Crippen LogP) is 13.0. The molecule has 0 spiro atoms. The lowest BCUT2D eigenvalue weighted by Crippen LogP contribution is -2.08. The van der Waals surface area contributed by atoms with Crippen LogP contribution in [0.2, 0.25) is 0 Å². The molecule has 0 saturated heterocycles. The zero-order valence-corrected chi connectivity index (χ0v) is 36.3. The van der Waals surface area contributed by atoms with Gasteiger partial charge >= 0.3 is 0 Å².